The number of hydrogen-bond donors (Lipinski definition) is 1. The first-order chi connectivity index (χ1) is 8.20. The van der Waals surface area contributed by atoms with Crippen LogP contribution in [0.15, 0.2) is 28.7 Å². The van der Waals surface area contributed by atoms with Crippen LogP contribution >= 0.6 is 27.3 Å². The topological polar surface area (TPSA) is 24.9 Å². The molecule has 1 aromatic heterocycles. The summed E-state index contributed by atoms with van der Waals surface area (Å²) in [6.45, 7) is 6.07. The molecule has 2 rings (SSSR count). The van der Waals surface area contributed by atoms with Crippen molar-refractivity contribution in [3.8, 4) is 11.3 Å². The Labute approximate surface area is 114 Å². The molecule has 17 heavy (non-hydrogen) atoms. The van der Waals surface area contributed by atoms with Crippen LogP contribution in [-0.4, -0.2) is 11.5 Å². The number of benzene rings is 1. The molecule has 2 aromatic rings. The third-order valence-electron chi connectivity index (χ3n) is 2.48. The van der Waals surface area contributed by atoms with Crippen molar-refractivity contribution in [2.75, 3.05) is 6.54 Å². The molecule has 0 radical (unpaired) electrons. The number of hydrogen-bond acceptors (Lipinski definition) is 3. The molecule has 0 aliphatic rings. The fourth-order valence-electron chi connectivity index (χ4n) is 1.63. The molecule has 1 N–H and O–H groups in total. The third-order valence-corrected chi connectivity index (χ3v) is 3.98. The van der Waals surface area contributed by atoms with E-state index in [1.807, 2.05) is 0 Å². The summed E-state index contributed by atoms with van der Waals surface area (Å²) in [4.78, 5) is 5.97. The van der Waals surface area contributed by atoms with Gasteiger partial charge in [0.2, 0.25) is 0 Å². The Morgan fingerprint density at radius 3 is 2.65 bits per heavy atom. The molecule has 0 unspecified atom stereocenters. The molecule has 0 amide bonds. The van der Waals surface area contributed by atoms with E-state index in [-0.39, 0.29) is 0 Å². The maximum atomic E-state index is 4.69. The van der Waals surface area contributed by atoms with Gasteiger partial charge in [-0.15, -0.1) is 11.3 Å². The molecule has 0 fully saturated rings. The zero-order valence-corrected chi connectivity index (χ0v) is 12.4. The van der Waals surface area contributed by atoms with E-state index in [9.17, 15) is 0 Å². The maximum Gasteiger partial charge on any atom is 0.107 e. The molecule has 0 aliphatic heterocycles. The van der Waals surface area contributed by atoms with Crippen LogP contribution < -0.4 is 5.32 Å². The van der Waals surface area contributed by atoms with Crippen LogP contribution in [0.3, 0.4) is 0 Å². The van der Waals surface area contributed by atoms with Crippen LogP contribution in [0.25, 0.3) is 11.3 Å². The lowest BCUT2D eigenvalue weighted by Gasteiger charge is -1.98. The Morgan fingerprint density at radius 1 is 1.29 bits per heavy atom. The standard InChI is InChI=1S/C13H15BrN2S/c1-3-15-8-12-16-13(9(2)17-12)10-4-6-11(14)7-5-10/h4-7,15H,3,8H2,1-2H3. The van der Waals surface area contributed by atoms with E-state index < -0.39 is 0 Å². The minimum Gasteiger partial charge on any atom is -0.311 e. The van der Waals surface area contributed by atoms with Gasteiger partial charge >= 0.3 is 0 Å². The van der Waals surface area contributed by atoms with E-state index in [0.29, 0.717) is 0 Å². The van der Waals surface area contributed by atoms with E-state index >= 15 is 0 Å². The van der Waals surface area contributed by atoms with Crippen molar-refractivity contribution >= 4 is 27.3 Å². The van der Waals surface area contributed by atoms with E-state index in [2.05, 4.69) is 64.3 Å². The predicted molar refractivity (Wildman–Crippen MR) is 77.4 cm³/mol. The third kappa shape index (κ3) is 3.15. The van der Waals surface area contributed by atoms with Crippen molar-refractivity contribution in [1.82, 2.24) is 10.3 Å². The first-order valence-electron chi connectivity index (χ1n) is 5.63. The highest BCUT2D eigenvalue weighted by Gasteiger charge is 2.09. The summed E-state index contributed by atoms with van der Waals surface area (Å²) in [5.41, 5.74) is 2.29. The molecule has 0 saturated carbocycles. The second kappa shape index (κ2) is 5.76. The van der Waals surface area contributed by atoms with Crippen LogP contribution in [0.2, 0.25) is 0 Å². The van der Waals surface area contributed by atoms with E-state index in [1.54, 1.807) is 11.3 Å². The van der Waals surface area contributed by atoms with Crippen LogP contribution in [0, 0.1) is 6.92 Å². The van der Waals surface area contributed by atoms with Crippen LogP contribution in [0.5, 0.6) is 0 Å². The lowest BCUT2D eigenvalue weighted by atomic mass is 10.1. The molecule has 4 heteroatoms. The van der Waals surface area contributed by atoms with Crippen molar-refractivity contribution in [1.29, 1.82) is 0 Å². The average molecular weight is 311 g/mol. The Bertz CT molecular complexity index is 491. The molecule has 0 bridgehead atoms. The number of aromatic nitrogens is 1. The summed E-state index contributed by atoms with van der Waals surface area (Å²) >= 11 is 5.22. The van der Waals surface area contributed by atoms with Gasteiger partial charge < -0.3 is 5.32 Å². The summed E-state index contributed by atoms with van der Waals surface area (Å²) in [5, 5.41) is 4.46. The van der Waals surface area contributed by atoms with Gasteiger partial charge in [-0.3, -0.25) is 0 Å². The monoisotopic (exact) mass is 310 g/mol. The van der Waals surface area contributed by atoms with Gasteiger partial charge in [-0.05, 0) is 25.6 Å². The number of nitrogens with one attached hydrogen (secondary N) is 1. The van der Waals surface area contributed by atoms with Gasteiger partial charge in [0.05, 0.1) is 5.69 Å². The van der Waals surface area contributed by atoms with Gasteiger partial charge in [-0.25, -0.2) is 4.98 Å². The number of thiazole rings is 1. The first-order valence-corrected chi connectivity index (χ1v) is 7.24. The van der Waals surface area contributed by atoms with E-state index in [1.165, 1.54) is 10.4 Å². The first kappa shape index (κ1) is 12.7. The van der Waals surface area contributed by atoms with Gasteiger partial charge in [0.15, 0.2) is 0 Å². The maximum absolute atomic E-state index is 4.69. The Morgan fingerprint density at radius 2 is 2.00 bits per heavy atom. The van der Waals surface area contributed by atoms with Gasteiger partial charge in [0, 0.05) is 21.5 Å². The van der Waals surface area contributed by atoms with Crippen molar-refractivity contribution in [2.45, 2.75) is 20.4 Å². The zero-order chi connectivity index (χ0) is 12.3. The van der Waals surface area contributed by atoms with Crippen molar-refractivity contribution in [3.05, 3.63) is 38.6 Å². The molecule has 0 saturated heterocycles. The Kier molecular flexibility index (Phi) is 4.31. The Hall–Kier alpha value is -0.710. The lowest BCUT2D eigenvalue weighted by Crippen LogP contribution is -2.11. The molecule has 1 heterocycles. The normalized spacial score (nSPS) is 10.8. The van der Waals surface area contributed by atoms with E-state index in [0.717, 1.165) is 28.3 Å². The zero-order valence-electron chi connectivity index (χ0n) is 9.96. The highest BCUT2D eigenvalue weighted by molar-refractivity contribution is 9.10. The number of rotatable bonds is 4. The van der Waals surface area contributed by atoms with Gasteiger partial charge in [-0.2, -0.15) is 0 Å². The Balaban J connectivity index is 2.26. The fourth-order valence-corrected chi connectivity index (χ4v) is 2.82. The molecule has 0 atom stereocenters. The fraction of sp³-hybridized carbons (Fsp3) is 0.308. The van der Waals surface area contributed by atoms with E-state index in [4.69, 9.17) is 0 Å². The highest BCUT2D eigenvalue weighted by Crippen LogP contribution is 2.28. The number of nitrogens with zero attached hydrogens (tertiary/aromatic N) is 1. The van der Waals surface area contributed by atoms with Crippen molar-refractivity contribution in [3.63, 3.8) is 0 Å². The second-order valence-corrected chi connectivity index (χ2v) is 6.00. The number of aryl methyl sites for hydroxylation is 1. The predicted octanol–water partition coefficient (Wildman–Crippen LogP) is 3.99. The largest absolute Gasteiger partial charge is 0.311 e. The highest BCUT2D eigenvalue weighted by atomic mass is 79.9. The molecule has 2 nitrogen and oxygen atoms in total. The second-order valence-electron chi connectivity index (χ2n) is 3.80. The van der Waals surface area contributed by atoms with Gasteiger partial charge in [0.25, 0.3) is 0 Å². The number of halogens is 1. The molecule has 0 aliphatic carbocycles. The van der Waals surface area contributed by atoms with Crippen molar-refractivity contribution in [2.24, 2.45) is 0 Å². The van der Waals surface area contributed by atoms with Crippen LogP contribution in [0.1, 0.15) is 16.8 Å². The molecular formula is C13H15BrN2S. The summed E-state index contributed by atoms with van der Waals surface area (Å²) in [6.07, 6.45) is 0. The minimum absolute atomic E-state index is 0.860. The SMILES string of the molecule is CCNCc1nc(-c2ccc(Br)cc2)c(C)s1. The molecular weight excluding hydrogens is 296 g/mol. The molecule has 1 aromatic carbocycles. The lowest BCUT2D eigenvalue weighted by molar-refractivity contribution is 0.723. The minimum atomic E-state index is 0.860. The van der Waals surface area contributed by atoms with Crippen LogP contribution in [0.4, 0.5) is 0 Å². The van der Waals surface area contributed by atoms with Gasteiger partial charge in [-0.1, -0.05) is 35.0 Å². The summed E-state index contributed by atoms with van der Waals surface area (Å²) in [7, 11) is 0. The quantitative estimate of drug-likeness (QED) is 0.923. The summed E-state index contributed by atoms with van der Waals surface area (Å²) in [5.74, 6) is 0. The van der Waals surface area contributed by atoms with Crippen LogP contribution in [-0.2, 0) is 6.54 Å². The van der Waals surface area contributed by atoms with Gasteiger partial charge in [0.1, 0.15) is 5.01 Å². The molecule has 0 spiro atoms. The molecule has 90 valence electrons. The summed E-state index contributed by atoms with van der Waals surface area (Å²) < 4.78 is 1.10. The smallest absolute Gasteiger partial charge is 0.107 e. The van der Waals surface area contributed by atoms with Crippen molar-refractivity contribution < 1.29 is 0 Å². The average Bonchev–Trinajstić information content (AvgIpc) is 2.69. The summed E-state index contributed by atoms with van der Waals surface area (Å²) in [6, 6.07) is 8.31.